The van der Waals surface area contributed by atoms with Gasteiger partial charge in [-0.15, -0.1) is 13.2 Å². The fourth-order valence-electron chi connectivity index (χ4n) is 3.82. The number of aromatic nitrogens is 2. The third-order valence-electron chi connectivity index (χ3n) is 5.40. The molecule has 2 heterocycles. The first-order valence-electron chi connectivity index (χ1n) is 10.5. The van der Waals surface area contributed by atoms with Gasteiger partial charge in [0, 0.05) is 32.6 Å². The quantitative estimate of drug-likeness (QED) is 0.459. The summed E-state index contributed by atoms with van der Waals surface area (Å²) in [5.74, 6) is -1.86. The van der Waals surface area contributed by atoms with Crippen LogP contribution in [0.15, 0.2) is 30.6 Å². The maximum atomic E-state index is 15.1. The Balaban J connectivity index is 1.61. The highest BCUT2D eigenvalue weighted by Gasteiger charge is 2.31. The monoisotopic (exact) mass is 486 g/mol. The first-order chi connectivity index (χ1) is 16.0. The zero-order valence-corrected chi connectivity index (χ0v) is 18.4. The van der Waals surface area contributed by atoms with Crippen LogP contribution >= 0.6 is 0 Å². The van der Waals surface area contributed by atoms with Gasteiger partial charge in [-0.3, -0.25) is 9.69 Å². The van der Waals surface area contributed by atoms with Gasteiger partial charge in [0.2, 0.25) is 11.7 Å². The number of nitrogens with two attached hydrogens (primary N) is 1. The summed E-state index contributed by atoms with van der Waals surface area (Å²) < 4.78 is 56.3. The number of hydrogen-bond donors (Lipinski definition) is 3. The molecule has 1 unspecified atom stereocenters. The van der Waals surface area contributed by atoms with Crippen LogP contribution in [0.1, 0.15) is 12.0 Å². The summed E-state index contributed by atoms with van der Waals surface area (Å²) in [7, 11) is 1.55. The normalized spacial score (nSPS) is 19.0. The van der Waals surface area contributed by atoms with E-state index in [1.807, 2.05) is 0 Å². The van der Waals surface area contributed by atoms with Crippen LogP contribution in [-0.4, -0.2) is 71.6 Å². The molecule has 1 aliphatic heterocycles. The second-order valence-corrected chi connectivity index (χ2v) is 8.11. The number of rotatable bonds is 9. The van der Waals surface area contributed by atoms with Crippen LogP contribution < -0.4 is 20.7 Å². The number of carbonyl (C=O) groups excluding carboxylic acids is 1. The summed E-state index contributed by atoms with van der Waals surface area (Å²) in [6, 6.07) is 5.39. The van der Waals surface area contributed by atoms with Crippen LogP contribution in [-0.2, 0) is 11.3 Å². The Kier molecular flexibility index (Phi) is 8.10. The molecular weight excluding hydrogens is 460 g/mol. The number of nitrogens with one attached hydrogen (secondary N) is 1. The molecular formula is C21H26F4N6O3. The van der Waals surface area contributed by atoms with Gasteiger partial charge in [0.15, 0.2) is 11.6 Å². The average Bonchev–Trinajstić information content (AvgIpc) is 2.72. The van der Waals surface area contributed by atoms with Crippen molar-refractivity contribution in [3.8, 4) is 5.75 Å². The topological polar surface area (TPSA) is 117 Å². The van der Waals surface area contributed by atoms with Crippen molar-refractivity contribution in [2.24, 2.45) is 11.7 Å². The van der Waals surface area contributed by atoms with Crippen LogP contribution in [0.5, 0.6) is 5.75 Å². The molecule has 0 spiro atoms. The number of benzene rings is 1. The van der Waals surface area contributed by atoms with Crippen molar-refractivity contribution in [1.29, 1.82) is 0 Å². The number of nitrogens with zero attached hydrogens (tertiary/aromatic N) is 4. The molecule has 2 aromatic rings. The van der Waals surface area contributed by atoms with Gasteiger partial charge in [-0.25, -0.2) is 9.97 Å². The number of piperidine rings is 1. The Labute approximate surface area is 193 Å². The smallest absolute Gasteiger partial charge is 0.406 e. The maximum Gasteiger partial charge on any atom is 0.573 e. The number of alkyl halides is 3. The van der Waals surface area contributed by atoms with Crippen molar-refractivity contribution < 1.29 is 32.2 Å². The Bertz CT molecular complexity index is 993. The van der Waals surface area contributed by atoms with Crippen molar-refractivity contribution >= 4 is 17.5 Å². The molecule has 1 aromatic carbocycles. The second kappa shape index (κ2) is 10.8. The van der Waals surface area contributed by atoms with E-state index < -0.39 is 24.2 Å². The van der Waals surface area contributed by atoms with Crippen molar-refractivity contribution in [3.63, 3.8) is 0 Å². The van der Waals surface area contributed by atoms with Gasteiger partial charge >= 0.3 is 6.36 Å². The van der Waals surface area contributed by atoms with E-state index in [2.05, 4.69) is 20.0 Å². The number of β-amino-alcohol motifs (C(OH)–C–C–N with tert-alkyl or cyclic N) is 1. The molecule has 1 fully saturated rings. The molecule has 0 aliphatic carbocycles. The highest BCUT2D eigenvalue weighted by molar-refractivity contribution is 5.75. The lowest BCUT2D eigenvalue weighted by Crippen LogP contribution is -2.48. The van der Waals surface area contributed by atoms with Gasteiger partial charge in [-0.05, 0) is 30.7 Å². The number of likely N-dealkylation sites (tertiary alicyclic amines) is 1. The lowest BCUT2D eigenvalue weighted by atomic mass is 9.94. The van der Waals surface area contributed by atoms with Gasteiger partial charge in [0.05, 0.1) is 12.6 Å². The van der Waals surface area contributed by atoms with E-state index in [9.17, 15) is 23.1 Å². The zero-order chi connectivity index (χ0) is 24.9. The summed E-state index contributed by atoms with van der Waals surface area (Å²) >= 11 is 0. The molecule has 2 atom stereocenters. The van der Waals surface area contributed by atoms with Crippen LogP contribution in [0.25, 0.3) is 0 Å². The molecule has 1 saturated heterocycles. The molecule has 1 aromatic heterocycles. The van der Waals surface area contributed by atoms with Crippen LogP contribution in [0.4, 0.5) is 29.2 Å². The number of halogens is 4. The minimum atomic E-state index is -4.81. The number of anilines is 2. The lowest BCUT2D eigenvalue weighted by molar-refractivity contribution is -0.274. The summed E-state index contributed by atoms with van der Waals surface area (Å²) in [6.07, 6.45) is -3.78. The van der Waals surface area contributed by atoms with Gasteiger partial charge in [-0.2, -0.15) is 4.39 Å². The number of aliphatic hydroxyl groups is 1. The molecule has 0 bridgehead atoms. The summed E-state index contributed by atoms with van der Waals surface area (Å²) in [5, 5.41) is 13.2. The molecule has 1 aliphatic rings. The summed E-state index contributed by atoms with van der Waals surface area (Å²) in [4.78, 5) is 22.1. The molecule has 186 valence electrons. The zero-order valence-electron chi connectivity index (χ0n) is 18.4. The average molecular weight is 486 g/mol. The van der Waals surface area contributed by atoms with Crippen molar-refractivity contribution in [1.82, 2.24) is 14.9 Å². The number of amides is 1. The Hall–Kier alpha value is -3.19. The van der Waals surface area contributed by atoms with Gasteiger partial charge in [0.1, 0.15) is 12.1 Å². The van der Waals surface area contributed by atoms with Crippen LogP contribution in [0.3, 0.4) is 0 Å². The molecule has 13 heteroatoms. The summed E-state index contributed by atoms with van der Waals surface area (Å²) in [6.45, 7) is 1.24. The molecule has 0 radical (unpaired) electrons. The number of primary amides is 1. The van der Waals surface area contributed by atoms with E-state index in [4.69, 9.17) is 5.73 Å². The second-order valence-electron chi connectivity index (χ2n) is 8.11. The first-order valence-corrected chi connectivity index (χ1v) is 10.5. The highest BCUT2D eigenvalue weighted by Crippen LogP contribution is 2.26. The third kappa shape index (κ3) is 7.15. The van der Waals surface area contributed by atoms with Gasteiger partial charge in [0.25, 0.3) is 0 Å². The van der Waals surface area contributed by atoms with Crippen molar-refractivity contribution in [3.05, 3.63) is 42.0 Å². The number of ether oxygens (including phenoxy) is 1. The van der Waals surface area contributed by atoms with E-state index in [0.29, 0.717) is 18.5 Å². The van der Waals surface area contributed by atoms with E-state index in [1.54, 1.807) is 18.0 Å². The Morgan fingerprint density at radius 3 is 2.82 bits per heavy atom. The number of carbonyl (C=O) groups is 1. The maximum absolute atomic E-state index is 15.1. The molecule has 34 heavy (non-hydrogen) atoms. The van der Waals surface area contributed by atoms with Gasteiger partial charge < -0.3 is 25.8 Å². The van der Waals surface area contributed by atoms with E-state index in [0.717, 1.165) is 0 Å². The number of hydrogen-bond acceptors (Lipinski definition) is 8. The predicted octanol–water partition coefficient (Wildman–Crippen LogP) is 1.73. The molecule has 9 nitrogen and oxygen atoms in total. The molecule has 3 rings (SSSR count). The Morgan fingerprint density at radius 1 is 1.38 bits per heavy atom. The molecule has 1 amide bonds. The fourth-order valence-corrected chi connectivity index (χ4v) is 3.82. The predicted molar refractivity (Wildman–Crippen MR) is 115 cm³/mol. The van der Waals surface area contributed by atoms with Crippen molar-refractivity contribution in [2.45, 2.75) is 25.4 Å². The van der Waals surface area contributed by atoms with Crippen LogP contribution in [0.2, 0.25) is 0 Å². The Morgan fingerprint density at radius 2 is 2.15 bits per heavy atom. The highest BCUT2D eigenvalue weighted by atomic mass is 19.4. The third-order valence-corrected chi connectivity index (χ3v) is 5.40. The fraction of sp³-hybridized carbons (Fsp3) is 0.476. The largest absolute Gasteiger partial charge is 0.573 e. The number of aliphatic hydroxyl groups excluding tert-OH is 1. The van der Waals surface area contributed by atoms with Crippen LogP contribution in [0, 0.1) is 11.7 Å². The van der Waals surface area contributed by atoms with E-state index >= 15 is 4.39 Å². The molecule has 0 saturated carbocycles. The molecule has 4 N–H and O–H groups in total. The van der Waals surface area contributed by atoms with E-state index in [-0.39, 0.29) is 49.5 Å². The summed E-state index contributed by atoms with van der Waals surface area (Å²) in [5.41, 5.74) is 5.65. The standard InChI is InChI=1S/C21H26F4N6O3/c1-30(9-13-3-2-4-15(7-13)34-21(23,24)25)20-18(22)19(28-12-29-20)27-8-14-5-6-31(10-16(14)32)11-17(26)33/h2-4,7,12,14,16,32H,5-6,8-11H2,1H3,(H2,26,33)(H,27,28,29)/t14?,16-/m0/s1. The van der Waals surface area contributed by atoms with Crippen molar-refractivity contribution in [2.75, 3.05) is 43.4 Å². The van der Waals surface area contributed by atoms with E-state index in [1.165, 1.54) is 29.4 Å². The minimum absolute atomic E-state index is 0.0449. The van der Waals surface area contributed by atoms with Gasteiger partial charge in [-0.1, -0.05) is 12.1 Å². The SMILES string of the molecule is CN(Cc1cccc(OC(F)(F)F)c1)c1ncnc(NCC2CCN(CC(N)=O)C[C@@H]2O)c1F. The minimum Gasteiger partial charge on any atom is -0.406 e. The first kappa shape index (κ1) is 25.4. The lowest BCUT2D eigenvalue weighted by Gasteiger charge is -2.35.